The number of hydrogen-bond donors (Lipinski definition) is 1. The lowest BCUT2D eigenvalue weighted by Gasteiger charge is -2.36. The van der Waals surface area contributed by atoms with Crippen LogP contribution in [-0.2, 0) is 6.42 Å². The summed E-state index contributed by atoms with van der Waals surface area (Å²) in [5.74, 6) is 1.83. The van der Waals surface area contributed by atoms with Gasteiger partial charge in [-0.05, 0) is 42.5 Å². The summed E-state index contributed by atoms with van der Waals surface area (Å²) >= 11 is 0. The maximum absolute atomic E-state index is 12.4. The molecule has 0 saturated carbocycles. The Bertz CT molecular complexity index is 823. The van der Waals surface area contributed by atoms with Gasteiger partial charge in [0, 0.05) is 45.7 Å². The Kier molecular flexibility index (Phi) is 5.65. The van der Waals surface area contributed by atoms with Gasteiger partial charge in [0.15, 0.2) is 11.7 Å². The second-order valence-corrected chi connectivity index (χ2v) is 7.47. The molecule has 1 aromatic carbocycles. The van der Waals surface area contributed by atoms with E-state index in [1.807, 2.05) is 11.9 Å². The minimum absolute atomic E-state index is 0.0357. The first kappa shape index (κ1) is 18.6. The summed E-state index contributed by atoms with van der Waals surface area (Å²) in [6.45, 7) is 3.79. The molecule has 0 spiro atoms. The molecule has 1 N–H and O–H groups in total. The molecular formula is C22H28N4O2. The lowest BCUT2D eigenvalue weighted by Crippen LogP contribution is -2.54. The maximum atomic E-state index is 12.4. The second kappa shape index (κ2) is 8.50. The number of fused-ring (bicyclic) bond motifs is 1. The van der Waals surface area contributed by atoms with Crippen molar-refractivity contribution in [1.29, 1.82) is 0 Å². The van der Waals surface area contributed by atoms with Crippen LogP contribution in [0.5, 0.6) is 0 Å². The van der Waals surface area contributed by atoms with E-state index < -0.39 is 0 Å². The van der Waals surface area contributed by atoms with E-state index in [4.69, 9.17) is 4.42 Å². The summed E-state index contributed by atoms with van der Waals surface area (Å²) in [4.78, 5) is 21.0. The Morgan fingerprint density at radius 3 is 2.68 bits per heavy atom. The number of aryl methyl sites for hydroxylation is 1. The molecule has 0 bridgehead atoms. The van der Waals surface area contributed by atoms with Crippen LogP contribution in [0.25, 0.3) is 0 Å². The van der Waals surface area contributed by atoms with Gasteiger partial charge in [0.2, 0.25) is 0 Å². The van der Waals surface area contributed by atoms with E-state index in [0.29, 0.717) is 24.8 Å². The molecule has 1 fully saturated rings. The van der Waals surface area contributed by atoms with E-state index in [-0.39, 0.29) is 5.91 Å². The molecule has 1 unspecified atom stereocenters. The van der Waals surface area contributed by atoms with Crippen LogP contribution in [0.1, 0.15) is 40.4 Å². The topological polar surface area (TPSA) is 61.1 Å². The Morgan fingerprint density at radius 2 is 1.93 bits per heavy atom. The predicted octanol–water partition coefficient (Wildman–Crippen LogP) is 2.73. The number of amides is 1. The number of nitrogens with one attached hydrogen (secondary N) is 1. The SMILES string of the molecule is CN=C(NCC1CCCc2ccccc21)N1CCN(C(=O)c2ccco2)CC1. The first-order valence-corrected chi connectivity index (χ1v) is 10.1. The van der Waals surface area contributed by atoms with Crippen molar-refractivity contribution >= 4 is 11.9 Å². The van der Waals surface area contributed by atoms with Crippen LogP contribution in [0, 0.1) is 0 Å². The van der Waals surface area contributed by atoms with Crippen molar-refractivity contribution in [2.45, 2.75) is 25.2 Å². The van der Waals surface area contributed by atoms with Crippen molar-refractivity contribution in [3.63, 3.8) is 0 Å². The maximum Gasteiger partial charge on any atom is 0.289 e. The summed E-state index contributed by atoms with van der Waals surface area (Å²) in [5.41, 5.74) is 2.96. The van der Waals surface area contributed by atoms with E-state index in [1.54, 1.807) is 18.4 Å². The quantitative estimate of drug-likeness (QED) is 0.657. The number of benzene rings is 1. The van der Waals surface area contributed by atoms with Gasteiger partial charge in [0.05, 0.1) is 6.26 Å². The normalized spacial score (nSPS) is 20.0. The van der Waals surface area contributed by atoms with E-state index >= 15 is 0 Å². The first-order valence-electron chi connectivity index (χ1n) is 10.1. The van der Waals surface area contributed by atoms with Crippen LogP contribution in [0.4, 0.5) is 0 Å². The van der Waals surface area contributed by atoms with Crippen molar-refractivity contribution in [2.75, 3.05) is 39.8 Å². The molecule has 6 heteroatoms. The van der Waals surface area contributed by atoms with Crippen molar-refractivity contribution < 1.29 is 9.21 Å². The minimum atomic E-state index is -0.0357. The fourth-order valence-corrected chi connectivity index (χ4v) is 4.29. The van der Waals surface area contributed by atoms with Crippen molar-refractivity contribution in [1.82, 2.24) is 15.1 Å². The third-order valence-electron chi connectivity index (χ3n) is 5.81. The molecule has 0 radical (unpaired) electrons. The molecule has 2 heterocycles. The van der Waals surface area contributed by atoms with Crippen LogP contribution in [-0.4, -0.2) is 61.4 Å². The zero-order valence-corrected chi connectivity index (χ0v) is 16.4. The van der Waals surface area contributed by atoms with Gasteiger partial charge in [-0.15, -0.1) is 0 Å². The zero-order valence-electron chi connectivity index (χ0n) is 16.4. The highest BCUT2D eigenvalue weighted by Gasteiger charge is 2.26. The van der Waals surface area contributed by atoms with Gasteiger partial charge in [0.25, 0.3) is 5.91 Å². The van der Waals surface area contributed by atoms with Crippen molar-refractivity contribution in [3.8, 4) is 0 Å². The van der Waals surface area contributed by atoms with E-state index in [1.165, 1.54) is 30.4 Å². The smallest absolute Gasteiger partial charge is 0.289 e. The molecule has 2 aliphatic rings. The number of aliphatic imine (C=N–C) groups is 1. The average molecular weight is 380 g/mol. The highest BCUT2D eigenvalue weighted by atomic mass is 16.3. The number of rotatable bonds is 3. The summed E-state index contributed by atoms with van der Waals surface area (Å²) in [5, 5.41) is 3.58. The Morgan fingerprint density at radius 1 is 1.14 bits per heavy atom. The molecule has 1 saturated heterocycles. The van der Waals surface area contributed by atoms with E-state index in [2.05, 4.69) is 39.5 Å². The summed E-state index contributed by atoms with van der Waals surface area (Å²) in [7, 11) is 1.83. The predicted molar refractivity (Wildman–Crippen MR) is 110 cm³/mol. The van der Waals surface area contributed by atoms with Crippen molar-refractivity contribution in [3.05, 3.63) is 59.5 Å². The highest BCUT2D eigenvalue weighted by Crippen LogP contribution is 2.30. The molecule has 4 rings (SSSR count). The standard InChI is InChI=1S/C22H28N4O2/c1-23-22(24-16-18-8-4-7-17-6-2-3-9-19(17)18)26-13-11-25(12-14-26)21(27)20-10-5-15-28-20/h2-3,5-6,9-10,15,18H,4,7-8,11-14,16H2,1H3,(H,23,24). The minimum Gasteiger partial charge on any atom is -0.459 e. The largest absolute Gasteiger partial charge is 0.459 e. The summed E-state index contributed by atoms with van der Waals surface area (Å²) in [6.07, 6.45) is 5.19. The van der Waals surface area contributed by atoms with Gasteiger partial charge >= 0.3 is 0 Å². The highest BCUT2D eigenvalue weighted by molar-refractivity contribution is 5.91. The van der Waals surface area contributed by atoms with Gasteiger partial charge in [0.1, 0.15) is 0 Å². The number of piperazine rings is 1. The van der Waals surface area contributed by atoms with Gasteiger partial charge in [-0.25, -0.2) is 0 Å². The molecule has 1 aliphatic carbocycles. The molecule has 28 heavy (non-hydrogen) atoms. The molecular weight excluding hydrogens is 352 g/mol. The number of carbonyl (C=O) groups is 1. The third-order valence-corrected chi connectivity index (χ3v) is 5.81. The van der Waals surface area contributed by atoms with Crippen LogP contribution in [0.15, 0.2) is 52.1 Å². The monoisotopic (exact) mass is 380 g/mol. The molecule has 6 nitrogen and oxygen atoms in total. The lowest BCUT2D eigenvalue weighted by molar-refractivity contribution is 0.0657. The van der Waals surface area contributed by atoms with Crippen molar-refractivity contribution in [2.24, 2.45) is 4.99 Å². The fraction of sp³-hybridized carbons (Fsp3) is 0.455. The van der Waals surface area contributed by atoms with Crippen LogP contribution >= 0.6 is 0 Å². The van der Waals surface area contributed by atoms with Crippen LogP contribution < -0.4 is 5.32 Å². The van der Waals surface area contributed by atoms with Crippen LogP contribution in [0.2, 0.25) is 0 Å². The lowest BCUT2D eigenvalue weighted by atomic mass is 9.83. The van der Waals surface area contributed by atoms with Gasteiger partial charge in [-0.2, -0.15) is 0 Å². The number of hydrogen-bond acceptors (Lipinski definition) is 3. The molecule has 1 aliphatic heterocycles. The third kappa shape index (κ3) is 3.91. The Labute approximate surface area is 166 Å². The fourth-order valence-electron chi connectivity index (χ4n) is 4.29. The number of guanidine groups is 1. The van der Waals surface area contributed by atoms with Crippen LogP contribution in [0.3, 0.4) is 0 Å². The van der Waals surface area contributed by atoms with E-state index in [0.717, 1.165) is 25.6 Å². The molecule has 1 aromatic heterocycles. The van der Waals surface area contributed by atoms with Gasteiger partial charge < -0.3 is 19.5 Å². The molecule has 1 amide bonds. The average Bonchev–Trinajstić information content (AvgIpc) is 3.29. The first-order chi connectivity index (χ1) is 13.8. The zero-order chi connectivity index (χ0) is 19.3. The number of furan rings is 1. The van der Waals surface area contributed by atoms with Gasteiger partial charge in [-0.1, -0.05) is 24.3 Å². The number of nitrogens with zero attached hydrogens (tertiary/aromatic N) is 3. The Hall–Kier alpha value is -2.76. The number of carbonyl (C=O) groups excluding carboxylic acids is 1. The Balaban J connectivity index is 1.32. The second-order valence-electron chi connectivity index (χ2n) is 7.47. The summed E-state index contributed by atoms with van der Waals surface area (Å²) in [6, 6.07) is 12.3. The molecule has 2 aromatic rings. The van der Waals surface area contributed by atoms with Gasteiger partial charge in [-0.3, -0.25) is 9.79 Å². The van der Waals surface area contributed by atoms with E-state index in [9.17, 15) is 4.79 Å². The molecule has 148 valence electrons. The summed E-state index contributed by atoms with van der Waals surface area (Å²) < 4.78 is 5.24. The molecule has 1 atom stereocenters.